The molecule has 2 rings (SSSR count). The molecule has 0 spiro atoms. The van der Waals surface area contributed by atoms with Crippen LogP contribution in [0.1, 0.15) is 25.6 Å². The van der Waals surface area contributed by atoms with E-state index in [1.165, 1.54) is 18.3 Å². The van der Waals surface area contributed by atoms with Gasteiger partial charge in [0.2, 0.25) is 0 Å². The number of carboxylic acid groups (broad SMARTS) is 1. The van der Waals surface area contributed by atoms with E-state index in [0.717, 1.165) is 17.1 Å². The molecule has 0 atom stereocenters. The van der Waals surface area contributed by atoms with Crippen molar-refractivity contribution >= 4 is 23.4 Å². The van der Waals surface area contributed by atoms with Gasteiger partial charge in [0.05, 0.1) is 11.8 Å². The second kappa shape index (κ2) is 5.37. The first-order valence-electron chi connectivity index (χ1n) is 5.04. The Morgan fingerprint density at radius 2 is 2.00 bits per heavy atom. The number of carboxylic acids is 1. The molecule has 2 N–H and O–H groups in total. The zero-order chi connectivity index (χ0) is 13.0. The van der Waals surface area contributed by atoms with Gasteiger partial charge in [0, 0.05) is 6.54 Å². The van der Waals surface area contributed by atoms with Crippen LogP contribution in [0.5, 0.6) is 0 Å². The van der Waals surface area contributed by atoms with Crippen LogP contribution in [0.25, 0.3) is 0 Å². The Hall–Kier alpha value is -2.28. The molecule has 6 nitrogen and oxygen atoms in total. The monoisotopic (exact) mass is 263 g/mol. The van der Waals surface area contributed by atoms with Crippen LogP contribution in [-0.2, 0) is 6.54 Å². The van der Waals surface area contributed by atoms with Gasteiger partial charge in [0.25, 0.3) is 5.91 Å². The number of carbonyl (C=O) groups is 2. The van der Waals surface area contributed by atoms with E-state index >= 15 is 0 Å². The number of aromatic carboxylic acids is 1. The molecule has 0 aliphatic rings. The number of aromatic nitrogens is 2. The number of nitrogens with zero attached hydrogens (tertiary/aromatic N) is 2. The molecule has 18 heavy (non-hydrogen) atoms. The van der Waals surface area contributed by atoms with Crippen LogP contribution < -0.4 is 5.32 Å². The van der Waals surface area contributed by atoms with Crippen molar-refractivity contribution < 1.29 is 14.7 Å². The van der Waals surface area contributed by atoms with Crippen LogP contribution >= 0.6 is 11.5 Å². The van der Waals surface area contributed by atoms with Gasteiger partial charge in [0.1, 0.15) is 4.88 Å². The predicted octanol–water partition coefficient (Wildman–Crippen LogP) is 1.17. The van der Waals surface area contributed by atoms with Gasteiger partial charge in [-0.05, 0) is 29.2 Å². The summed E-state index contributed by atoms with van der Waals surface area (Å²) in [5.41, 5.74) is 1.04. The quantitative estimate of drug-likeness (QED) is 0.863. The number of hydrogen-bond acceptors (Lipinski definition) is 5. The van der Waals surface area contributed by atoms with Gasteiger partial charge >= 0.3 is 5.97 Å². The first kappa shape index (κ1) is 12.2. The third-order valence-electron chi connectivity index (χ3n) is 2.24. The number of benzene rings is 1. The van der Waals surface area contributed by atoms with E-state index in [1.807, 2.05) is 0 Å². The van der Waals surface area contributed by atoms with Crippen molar-refractivity contribution in [3.05, 3.63) is 46.5 Å². The van der Waals surface area contributed by atoms with Gasteiger partial charge < -0.3 is 10.4 Å². The highest BCUT2D eigenvalue weighted by atomic mass is 32.1. The highest BCUT2D eigenvalue weighted by Crippen LogP contribution is 2.06. The van der Waals surface area contributed by atoms with E-state index < -0.39 is 5.97 Å². The molecule has 1 aromatic carbocycles. The number of nitrogens with one attached hydrogen (secondary N) is 1. The summed E-state index contributed by atoms with van der Waals surface area (Å²) in [4.78, 5) is 22.7. The normalized spacial score (nSPS) is 10.0. The van der Waals surface area contributed by atoms with E-state index in [2.05, 4.69) is 14.9 Å². The molecule has 0 radical (unpaired) electrons. The van der Waals surface area contributed by atoms with E-state index in [-0.39, 0.29) is 11.5 Å². The summed E-state index contributed by atoms with van der Waals surface area (Å²) in [6.45, 7) is 0.330. The Morgan fingerprint density at radius 1 is 1.28 bits per heavy atom. The standard InChI is InChI=1S/C11H9N3O3S/c15-10(9-6-13-14-18-9)12-5-7-1-3-8(4-2-7)11(16)17/h1-4,6H,5H2,(H,12,15)(H,16,17). The van der Waals surface area contributed by atoms with Crippen molar-refractivity contribution in [2.75, 3.05) is 0 Å². The van der Waals surface area contributed by atoms with E-state index in [9.17, 15) is 9.59 Å². The highest BCUT2D eigenvalue weighted by molar-refractivity contribution is 7.07. The van der Waals surface area contributed by atoms with Gasteiger partial charge in [-0.1, -0.05) is 16.6 Å². The van der Waals surface area contributed by atoms with E-state index in [1.54, 1.807) is 12.1 Å². The van der Waals surface area contributed by atoms with Gasteiger partial charge in [-0.2, -0.15) is 0 Å². The molecule has 0 unspecified atom stereocenters. The molecule has 0 bridgehead atoms. The fourth-order valence-corrected chi connectivity index (χ4v) is 1.73. The van der Waals surface area contributed by atoms with Gasteiger partial charge in [-0.15, -0.1) is 5.10 Å². The molecule has 0 aliphatic carbocycles. The highest BCUT2D eigenvalue weighted by Gasteiger charge is 2.08. The summed E-state index contributed by atoms with van der Waals surface area (Å²) in [7, 11) is 0. The molecule has 0 saturated carbocycles. The molecule has 1 aromatic heterocycles. The van der Waals surface area contributed by atoms with Gasteiger partial charge in [-0.25, -0.2) is 4.79 Å². The molecule has 0 aliphatic heterocycles. The maximum absolute atomic E-state index is 11.6. The smallest absolute Gasteiger partial charge is 0.335 e. The van der Waals surface area contributed by atoms with Crippen LogP contribution in [0.4, 0.5) is 0 Å². The molecule has 1 amide bonds. The first-order chi connectivity index (χ1) is 8.66. The number of hydrogen-bond donors (Lipinski definition) is 2. The Bertz CT molecular complexity index is 551. The summed E-state index contributed by atoms with van der Waals surface area (Å²) in [5.74, 6) is -1.21. The van der Waals surface area contributed by atoms with Crippen molar-refractivity contribution in [2.24, 2.45) is 0 Å². The molecule has 0 saturated heterocycles. The summed E-state index contributed by atoms with van der Waals surface area (Å²) in [6, 6.07) is 6.32. The zero-order valence-electron chi connectivity index (χ0n) is 9.16. The van der Waals surface area contributed by atoms with Crippen molar-refractivity contribution in [2.45, 2.75) is 6.54 Å². The molecular weight excluding hydrogens is 254 g/mol. The summed E-state index contributed by atoms with van der Waals surface area (Å²) in [5, 5.41) is 15.0. The number of amides is 1. The van der Waals surface area contributed by atoms with Crippen molar-refractivity contribution in [1.82, 2.24) is 14.9 Å². The Labute approximate surface area is 106 Å². The van der Waals surface area contributed by atoms with Crippen molar-refractivity contribution in [3.8, 4) is 0 Å². The van der Waals surface area contributed by atoms with Crippen molar-refractivity contribution in [3.63, 3.8) is 0 Å². The fraction of sp³-hybridized carbons (Fsp3) is 0.0909. The molecule has 92 valence electrons. The third kappa shape index (κ3) is 2.89. The Balaban J connectivity index is 1.94. The lowest BCUT2D eigenvalue weighted by Gasteiger charge is -2.03. The van der Waals surface area contributed by atoms with Crippen LogP contribution in [-0.4, -0.2) is 26.6 Å². The van der Waals surface area contributed by atoms with Crippen LogP contribution in [0.2, 0.25) is 0 Å². The average Bonchev–Trinajstić information content (AvgIpc) is 2.90. The van der Waals surface area contributed by atoms with Crippen LogP contribution in [0.3, 0.4) is 0 Å². The molecule has 1 heterocycles. The maximum Gasteiger partial charge on any atom is 0.335 e. The maximum atomic E-state index is 11.6. The predicted molar refractivity (Wildman–Crippen MR) is 64.5 cm³/mol. The SMILES string of the molecule is O=C(O)c1ccc(CNC(=O)c2cnns2)cc1. The van der Waals surface area contributed by atoms with Crippen molar-refractivity contribution in [1.29, 1.82) is 0 Å². The second-order valence-electron chi connectivity index (χ2n) is 3.47. The Kier molecular flexibility index (Phi) is 3.63. The molecule has 7 heteroatoms. The number of rotatable bonds is 4. The topological polar surface area (TPSA) is 92.2 Å². The van der Waals surface area contributed by atoms with Gasteiger partial charge in [-0.3, -0.25) is 4.79 Å². The third-order valence-corrected chi connectivity index (χ3v) is 2.90. The second-order valence-corrected chi connectivity index (χ2v) is 4.25. The van der Waals surface area contributed by atoms with Gasteiger partial charge in [0.15, 0.2) is 0 Å². The molecule has 0 fully saturated rings. The summed E-state index contributed by atoms with van der Waals surface area (Å²) < 4.78 is 3.59. The molecular formula is C11H9N3O3S. The first-order valence-corrected chi connectivity index (χ1v) is 5.82. The minimum atomic E-state index is -0.971. The number of carbonyl (C=O) groups excluding carboxylic acids is 1. The van der Waals surface area contributed by atoms with E-state index in [0.29, 0.717) is 11.4 Å². The summed E-state index contributed by atoms with van der Waals surface area (Å²) in [6.07, 6.45) is 1.40. The lowest BCUT2D eigenvalue weighted by Crippen LogP contribution is -2.21. The lowest BCUT2D eigenvalue weighted by molar-refractivity contribution is 0.0696. The van der Waals surface area contributed by atoms with Crippen LogP contribution in [0.15, 0.2) is 30.5 Å². The fourth-order valence-electron chi connectivity index (χ4n) is 1.30. The average molecular weight is 263 g/mol. The minimum Gasteiger partial charge on any atom is -0.478 e. The minimum absolute atomic E-state index is 0.219. The van der Waals surface area contributed by atoms with E-state index in [4.69, 9.17) is 5.11 Å². The largest absolute Gasteiger partial charge is 0.478 e. The molecule has 2 aromatic rings. The summed E-state index contributed by atoms with van der Waals surface area (Å²) >= 11 is 1.02. The Morgan fingerprint density at radius 3 is 2.56 bits per heavy atom. The zero-order valence-corrected chi connectivity index (χ0v) is 9.98. The lowest BCUT2D eigenvalue weighted by atomic mass is 10.1. The van der Waals surface area contributed by atoms with Crippen LogP contribution in [0, 0.1) is 0 Å².